The van der Waals surface area contributed by atoms with Gasteiger partial charge in [0.25, 0.3) is 5.91 Å². The number of rotatable bonds is 6. The fraction of sp³-hybridized carbons (Fsp3) is 0.421. The van der Waals surface area contributed by atoms with Crippen LogP contribution in [-0.4, -0.2) is 40.6 Å². The lowest BCUT2D eigenvalue weighted by Crippen LogP contribution is -2.54. The van der Waals surface area contributed by atoms with Crippen molar-refractivity contribution in [2.75, 3.05) is 0 Å². The molecular weight excluding hydrogens is 362 g/mol. The number of alkyl carbamates (subject to hydrolysis) is 1. The molecule has 152 valence electrons. The summed E-state index contributed by atoms with van der Waals surface area (Å²) in [6.07, 6.45) is 1.28. The number of fused-ring (bicyclic) bond motifs is 1. The van der Waals surface area contributed by atoms with Crippen LogP contribution in [0.3, 0.4) is 0 Å². The molecule has 0 aliphatic carbocycles. The molecule has 3 amide bonds. The van der Waals surface area contributed by atoms with Gasteiger partial charge in [-0.25, -0.2) is 10.6 Å². The molecule has 1 heterocycles. The molecule has 0 fully saturated rings. The largest absolute Gasteiger partial charge is 0.444 e. The SMILES string of the molecule is C[C@@H](NC(=O)[C@H](Cc1c[nH]c2ccccc12)NC(=O)OC(C)(C)C)C(=O)NN. The van der Waals surface area contributed by atoms with E-state index in [1.54, 1.807) is 27.0 Å². The summed E-state index contributed by atoms with van der Waals surface area (Å²) in [7, 11) is 0. The minimum absolute atomic E-state index is 0.214. The van der Waals surface area contributed by atoms with Crippen molar-refractivity contribution >= 4 is 28.8 Å². The summed E-state index contributed by atoms with van der Waals surface area (Å²) in [4.78, 5) is 39.7. The number of carbonyl (C=O) groups is 3. The zero-order chi connectivity index (χ0) is 20.9. The Hall–Kier alpha value is -3.07. The molecule has 28 heavy (non-hydrogen) atoms. The van der Waals surface area contributed by atoms with Crippen molar-refractivity contribution in [3.63, 3.8) is 0 Å². The molecule has 1 aromatic heterocycles. The summed E-state index contributed by atoms with van der Waals surface area (Å²) in [5.41, 5.74) is 3.04. The monoisotopic (exact) mass is 389 g/mol. The van der Waals surface area contributed by atoms with E-state index in [1.807, 2.05) is 29.7 Å². The van der Waals surface area contributed by atoms with Crippen LogP contribution in [0.2, 0.25) is 0 Å². The normalized spacial score (nSPS) is 13.5. The Bertz CT molecular complexity index is 855. The van der Waals surface area contributed by atoms with Crippen molar-refractivity contribution < 1.29 is 19.1 Å². The van der Waals surface area contributed by atoms with Crippen molar-refractivity contribution in [2.24, 2.45) is 5.84 Å². The first-order chi connectivity index (χ1) is 13.1. The third kappa shape index (κ3) is 5.71. The molecule has 2 aromatic rings. The molecule has 9 nitrogen and oxygen atoms in total. The smallest absolute Gasteiger partial charge is 0.408 e. The predicted molar refractivity (Wildman–Crippen MR) is 105 cm³/mol. The first-order valence-electron chi connectivity index (χ1n) is 8.96. The molecule has 0 aliphatic heterocycles. The van der Waals surface area contributed by atoms with Crippen LogP contribution < -0.4 is 21.9 Å². The van der Waals surface area contributed by atoms with E-state index in [0.717, 1.165) is 16.5 Å². The van der Waals surface area contributed by atoms with E-state index in [1.165, 1.54) is 6.92 Å². The Kier molecular flexibility index (Phi) is 6.63. The van der Waals surface area contributed by atoms with E-state index in [9.17, 15) is 14.4 Å². The number of nitrogens with two attached hydrogens (primary N) is 1. The Morgan fingerprint density at radius 3 is 2.46 bits per heavy atom. The lowest BCUT2D eigenvalue weighted by Gasteiger charge is -2.24. The molecule has 2 atom stereocenters. The van der Waals surface area contributed by atoms with Crippen molar-refractivity contribution in [1.82, 2.24) is 21.0 Å². The standard InChI is InChI=1S/C19H27N5O4/c1-11(16(25)24-20)22-17(26)15(23-18(27)28-19(2,3)4)9-12-10-21-14-8-6-5-7-13(12)14/h5-8,10-11,15,21H,9,20H2,1-4H3,(H,22,26)(H,23,27)(H,24,25)/t11-,15+/m1/s1. The van der Waals surface area contributed by atoms with Crippen LogP contribution in [0.25, 0.3) is 10.9 Å². The van der Waals surface area contributed by atoms with E-state index in [2.05, 4.69) is 15.6 Å². The number of hydrogen-bond donors (Lipinski definition) is 5. The highest BCUT2D eigenvalue weighted by atomic mass is 16.6. The maximum absolute atomic E-state index is 12.7. The Labute approximate surface area is 163 Å². The van der Waals surface area contributed by atoms with E-state index < -0.39 is 35.6 Å². The molecule has 0 saturated heterocycles. The van der Waals surface area contributed by atoms with E-state index in [-0.39, 0.29) is 6.42 Å². The summed E-state index contributed by atoms with van der Waals surface area (Å²) in [5, 5.41) is 6.08. The van der Waals surface area contributed by atoms with Crippen molar-refractivity contribution in [1.29, 1.82) is 0 Å². The number of ether oxygens (including phenoxy) is 1. The van der Waals surface area contributed by atoms with Gasteiger partial charge in [0.05, 0.1) is 0 Å². The molecule has 0 spiro atoms. The van der Waals surface area contributed by atoms with Gasteiger partial charge in [0.1, 0.15) is 17.7 Å². The van der Waals surface area contributed by atoms with E-state index >= 15 is 0 Å². The van der Waals surface area contributed by atoms with E-state index in [0.29, 0.717) is 0 Å². The number of carbonyl (C=O) groups excluding carboxylic acids is 3. The van der Waals surface area contributed by atoms with Crippen LogP contribution in [0.5, 0.6) is 0 Å². The highest BCUT2D eigenvalue weighted by Gasteiger charge is 2.27. The second-order valence-corrected chi connectivity index (χ2v) is 7.50. The third-order valence-electron chi connectivity index (χ3n) is 4.00. The van der Waals surface area contributed by atoms with Gasteiger partial charge in [0, 0.05) is 23.5 Å². The topological polar surface area (TPSA) is 138 Å². The summed E-state index contributed by atoms with van der Waals surface area (Å²) in [6, 6.07) is 5.84. The molecular formula is C19H27N5O4. The van der Waals surface area contributed by atoms with Crippen molar-refractivity contribution in [3.8, 4) is 0 Å². The molecule has 9 heteroatoms. The van der Waals surface area contributed by atoms with Gasteiger partial charge in [0.2, 0.25) is 5.91 Å². The van der Waals surface area contributed by atoms with Gasteiger partial charge in [-0.1, -0.05) is 18.2 Å². The number of aromatic nitrogens is 1. The van der Waals surface area contributed by atoms with E-state index in [4.69, 9.17) is 10.6 Å². The number of nitrogens with one attached hydrogen (secondary N) is 4. The third-order valence-corrected chi connectivity index (χ3v) is 4.00. The molecule has 0 saturated carbocycles. The zero-order valence-corrected chi connectivity index (χ0v) is 16.5. The molecule has 2 rings (SSSR count). The lowest BCUT2D eigenvalue weighted by atomic mass is 10.0. The van der Waals surface area contributed by atoms with Gasteiger partial charge in [-0.05, 0) is 39.3 Å². The van der Waals surface area contributed by atoms with Gasteiger partial charge < -0.3 is 20.4 Å². The maximum atomic E-state index is 12.7. The van der Waals surface area contributed by atoms with Crippen LogP contribution >= 0.6 is 0 Å². The average molecular weight is 389 g/mol. The number of amides is 3. The number of H-pyrrole nitrogens is 1. The Morgan fingerprint density at radius 2 is 1.82 bits per heavy atom. The average Bonchev–Trinajstić information content (AvgIpc) is 3.01. The second-order valence-electron chi connectivity index (χ2n) is 7.50. The van der Waals surface area contributed by atoms with Crippen LogP contribution in [0.1, 0.15) is 33.3 Å². The molecule has 6 N–H and O–H groups in total. The molecule has 1 aromatic carbocycles. The van der Waals surface area contributed by atoms with Crippen molar-refractivity contribution in [2.45, 2.75) is 51.8 Å². The predicted octanol–water partition coefficient (Wildman–Crippen LogP) is 1.10. The Morgan fingerprint density at radius 1 is 1.14 bits per heavy atom. The van der Waals surface area contributed by atoms with Gasteiger partial charge in [-0.15, -0.1) is 0 Å². The zero-order valence-electron chi connectivity index (χ0n) is 16.5. The summed E-state index contributed by atoms with van der Waals surface area (Å²) < 4.78 is 5.26. The number of hydrazine groups is 1. The first-order valence-corrected chi connectivity index (χ1v) is 8.96. The van der Waals surface area contributed by atoms with Gasteiger partial charge in [0.15, 0.2) is 0 Å². The molecule has 0 unspecified atom stereocenters. The Balaban J connectivity index is 2.21. The highest BCUT2D eigenvalue weighted by molar-refractivity contribution is 5.92. The summed E-state index contributed by atoms with van der Waals surface area (Å²) in [6.45, 7) is 6.69. The highest BCUT2D eigenvalue weighted by Crippen LogP contribution is 2.19. The summed E-state index contributed by atoms with van der Waals surface area (Å²) >= 11 is 0. The second kappa shape index (κ2) is 8.75. The van der Waals surface area contributed by atoms with Gasteiger partial charge >= 0.3 is 6.09 Å². The molecule has 0 bridgehead atoms. The number of hydrogen-bond acceptors (Lipinski definition) is 5. The van der Waals surface area contributed by atoms with Crippen LogP contribution in [0, 0.1) is 0 Å². The quantitative estimate of drug-likeness (QED) is 0.286. The fourth-order valence-corrected chi connectivity index (χ4v) is 2.68. The maximum Gasteiger partial charge on any atom is 0.408 e. The number of aromatic amines is 1. The van der Waals surface area contributed by atoms with Gasteiger partial charge in [-0.2, -0.15) is 0 Å². The first kappa shape index (κ1) is 21.2. The van der Waals surface area contributed by atoms with Gasteiger partial charge in [-0.3, -0.25) is 15.0 Å². The minimum Gasteiger partial charge on any atom is -0.444 e. The number of benzene rings is 1. The minimum atomic E-state index is -0.943. The molecule has 0 radical (unpaired) electrons. The van der Waals surface area contributed by atoms with Crippen LogP contribution in [-0.2, 0) is 20.7 Å². The fourth-order valence-electron chi connectivity index (χ4n) is 2.68. The lowest BCUT2D eigenvalue weighted by molar-refractivity contribution is -0.129. The molecule has 0 aliphatic rings. The number of para-hydroxylation sites is 1. The van der Waals surface area contributed by atoms with Crippen LogP contribution in [0.4, 0.5) is 4.79 Å². The summed E-state index contributed by atoms with van der Waals surface area (Å²) in [5.74, 6) is 4.04. The van der Waals surface area contributed by atoms with Crippen LogP contribution in [0.15, 0.2) is 30.5 Å². The van der Waals surface area contributed by atoms with Crippen molar-refractivity contribution in [3.05, 3.63) is 36.0 Å².